The minimum atomic E-state index is -4.88. The number of hydrogen-bond acceptors (Lipinski definition) is 5. The van der Waals surface area contributed by atoms with Crippen LogP contribution in [0.3, 0.4) is 0 Å². The van der Waals surface area contributed by atoms with Gasteiger partial charge in [0.25, 0.3) is 0 Å². The molecule has 0 amide bonds. The minimum Gasteiger partial charge on any atom is -0.467 e. The Bertz CT molecular complexity index is 396. The van der Waals surface area contributed by atoms with E-state index < -0.39 is 19.2 Å². The Hall–Kier alpha value is -1.45. The fraction of sp³-hybridized carbons (Fsp3) is 0.333. The molecule has 1 aromatic carbocycles. The zero-order valence-corrected chi connectivity index (χ0v) is 9.27. The summed E-state index contributed by atoms with van der Waals surface area (Å²) in [6.07, 6.45) is -4.88. The number of halogens is 3. The Morgan fingerprint density at radius 1 is 1.17 bits per heavy atom. The summed E-state index contributed by atoms with van der Waals surface area (Å²) in [7, 11) is -0.607. The van der Waals surface area contributed by atoms with Crippen molar-refractivity contribution < 1.29 is 37.4 Å². The number of hydrogen-bond donors (Lipinski definition) is 2. The van der Waals surface area contributed by atoms with E-state index in [1.165, 1.54) is 7.11 Å². The summed E-state index contributed by atoms with van der Waals surface area (Å²) in [5.41, 5.74) is -0.192. The Kier molecular flexibility index (Phi) is 4.82. The molecule has 18 heavy (non-hydrogen) atoms. The Balaban J connectivity index is 2.98. The van der Waals surface area contributed by atoms with Gasteiger partial charge in [-0.15, -0.1) is 13.2 Å². The van der Waals surface area contributed by atoms with Gasteiger partial charge in [0.1, 0.15) is 11.5 Å². The monoisotopic (exact) mass is 266 g/mol. The first-order valence-corrected chi connectivity index (χ1v) is 4.70. The third kappa shape index (κ3) is 4.82. The molecule has 0 radical (unpaired) electrons. The standard InChI is InChI=1S/C9H10BF3O5/c1-16-5-17-7-2-6(10(14)15)3-8(4-7)18-9(11,12)13/h2-4,14-15H,5H2,1H3. The summed E-state index contributed by atoms with van der Waals surface area (Å²) in [6, 6.07) is 2.96. The van der Waals surface area contributed by atoms with Crippen LogP contribution in [0.2, 0.25) is 0 Å². The van der Waals surface area contributed by atoms with Gasteiger partial charge in [0.15, 0.2) is 6.79 Å². The molecule has 1 aromatic rings. The second-order valence-corrected chi connectivity index (χ2v) is 3.21. The predicted octanol–water partition coefficient (Wildman–Crippen LogP) is 0.248. The third-order valence-corrected chi connectivity index (χ3v) is 1.78. The van der Waals surface area contributed by atoms with Crippen molar-refractivity contribution in [1.82, 2.24) is 0 Å². The Labute approximate surface area is 101 Å². The lowest BCUT2D eigenvalue weighted by Gasteiger charge is -2.12. The number of benzene rings is 1. The lowest BCUT2D eigenvalue weighted by Crippen LogP contribution is -2.30. The smallest absolute Gasteiger partial charge is 0.467 e. The van der Waals surface area contributed by atoms with Crippen LogP contribution in [0.15, 0.2) is 18.2 Å². The molecule has 0 heterocycles. The van der Waals surface area contributed by atoms with Crippen LogP contribution in [0, 0.1) is 0 Å². The van der Waals surface area contributed by atoms with Crippen LogP contribution in [0.5, 0.6) is 11.5 Å². The van der Waals surface area contributed by atoms with Gasteiger partial charge in [0.2, 0.25) is 0 Å². The molecule has 0 spiro atoms. The van der Waals surface area contributed by atoms with Crippen LogP contribution >= 0.6 is 0 Å². The van der Waals surface area contributed by atoms with Gasteiger partial charge in [-0.05, 0) is 17.6 Å². The van der Waals surface area contributed by atoms with Gasteiger partial charge < -0.3 is 24.3 Å². The summed E-state index contributed by atoms with van der Waals surface area (Å²) in [5.74, 6) is -0.652. The maximum atomic E-state index is 12.0. The summed E-state index contributed by atoms with van der Waals surface area (Å²) in [5, 5.41) is 17.9. The van der Waals surface area contributed by atoms with Gasteiger partial charge in [-0.1, -0.05) is 0 Å². The number of rotatable bonds is 5. The number of ether oxygens (including phenoxy) is 3. The number of methoxy groups -OCH3 is 1. The van der Waals surface area contributed by atoms with E-state index in [-0.39, 0.29) is 18.0 Å². The van der Waals surface area contributed by atoms with Gasteiger partial charge in [-0.2, -0.15) is 0 Å². The molecule has 2 N–H and O–H groups in total. The lowest BCUT2D eigenvalue weighted by atomic mass is 9.80. The second kappa shape index (κ2) is 5.94. The quantitative estimate of drug-likeness (QED) is 0.590. The largest absolute Gasteiger partial charge is 0.573 e. The highest BCUT2D eigenvalue weighted by atomic mass is 19.4. The maximum Gasteiger partial charge on any atom is 0.573 e. The van der Waals surface area contributed by atoms with Crippen molar-refractivity contribution in [3.8, 4) is 11.5 Å². The first-order valence-electron chi connectivity index (χ1n) is 4.70. The van der Waals surface area contributed by atoms with Crippen molar-refractivity contribution in [1.29, 1.82) is 0 Å². The summed E-state index contributed by atoms with van der Waals surface area (Å²) in [4.78, 5) is 0. The predicted molar refractivity (Wildman–Crippen MR) is 55.5 cm³/mol. The van der Waals surface area contributed by atoms with Gasteiger partial charge in [0, 0.05) is 13.2 Å². The molecule has 0 atom stereocenters. The van der Waals surface area contributed by atoms with E-state index in [1.54, 1.807) is 0 Å². The molecule has 0 aromatic heterocycles. The van der Waals surface area contributed by atoms with Crippen LogP contribution < -0.4 is 14.9 Å². The van der Waals surface area contributed by atoms with Crippen molar-refractivity contribution in [2.75, 3.05) is 13.9 Å². The van der Waals surface area contributed by atoms with E-state index in [4.69, 9.17) is 14.8 Å². The van der Waals surface area contributed by atoms with Crippen molar-refractivity contribution in [2.45, 2.75) is 6.36 Å². The molecular formula is C9H10BF3O5. The van der Waals surface area contributed by atoms with Gasteiger partial charge in [-0.25, -0.2) is 0 Å². The molecule has 0 aliphatic carbocycles. The molecule has 1 rings (SSSR count). The molecule has 0 fully saturated rings. The molecule has 0 bridgehead atoms. The van der Waals surface area contributed by atoms with E-state index in [1.807, 2.05) is 0 Å². The minimum absolute atomic E-state index is 0.0401. The molecule has 0 saturated carbocycles. The molecule has 0 aliphatic rings. The lowest BCUT2D eigenvalue weighted by molar-refractivity contribution is -0.274. The van der Waals surface area contributed by atoms with E-state index >= 15 is 0 Å². The first kappa shape index (κ1) is 14.6. The van der Waals surface area contributed by atoms with Crippen molar-refractivity contribution in [3.05, 3.63) is 18.2 Å². The summed E-state index contributed by atoms with van der Waals surface area (Å²) >= 11 is 0. The molecular weight excluding hydrogens is 256 g/mol. The normalized spacial score (nSPS) is 11.2. The van der Waals surface area contributed by atoms with Crippen LogP contribution in [0.1, 0.15) is 0 Å². The Morgan fingerprint density at radius 3 is 2.28 bits per heavy atom. The highest BCUT2D eigenvalue weighted by Gasteiger charge is 2.31. The zero-order chi connectivity index (χ0) is 13.8. The fourth-order valence-corrected chi connectivity index (χ4v) is 1.15. The zero-order valence-electron chi connectivity index (χ0n) is 9.27. The molecule has 5 nitrogen and oxygen atoms in total. The maximum absolute atomic E-state index is 12.0. The molecule has 0 aliphatic heterocycles. The van der Waals surface area contributed by atoms with E-state index in [2.05, 4.69) is 9.47 Å². The van der Waals surface area contributed by atoms with E-state index in [0.29, 0.717) is 0 Å². The first-order chi connectivity index (χ1) is 8.31. The van der Waals surface area contributed by atoms with Crippen molar-refractivity contribution in [2.24, 2.45) is 0 Å². The topological polar surface area (TPSA) is 68.2 Å². The molecule has 0 unspecified atom stereocenters. The summed E-state index contributed by atoms with van der Waals surface area (Å²) in [6.45, 7) is -0.198. The van der Waals surface area contributed by atoms with Crippen LogP contribution in [-0.4, -0.2) is 37.4 Å². The van der Waals surface area contributed by atoms with Gasteiger partial charge in [-0.3, -0.25) is 0 Å². The average Bonchev–Trinajstić information content (AvgIpc) is 2.23. The molecule has 100 valence electrons. The SMILES string of the molecule is COCOc1cc(OC(F)(F)F)cc(B(O)O)c1. The van der Waals surface area contributed by atoms with E-state index in [0.717, 1.165) is 18.2 Å². The highest BCUT2D eigenvalue weighted by Crippen LogP contribution is 2.25. The summed E-state index contributed by atoms with van der Waals surface area (Å²) < 4.78 is 49.3. The fourth-order valence-electron chi connectivity index (χ4n) is 1.15. The van der Waals surface area contributed by atoms with Crippen molar-refractivity contribution >= 4 is 12.6 Å². The van der Waals surface area contributed by atoms with Gasteiger partial charge in [0.05, 0.1) is 0 Å². The van der Waals surface area contributed by atoms with Crippen LogP contribution in [0.4, 0.5) is 13.2 Å². The van der Waals surface area contributed by atoms with Crippen LogP contribution in [-0.2, 0) is 4.74 Å². The third-order valence-electron chi connectivity index (χ3n) is 1.78. The number of alkyl halides is 3. The molecule has 0 saturated heterocycles. The van der Waals surface area contributed by atoms with Gasteiger partial charge >= 0.3 is 13.5 Å². The van der Waals surface area contributed by atoms with Crippen molar-refractivity contribution in [3.63, 3.8) is 0 Å². The average molecular weight is 266 g/mol. The molecule has 9 heteroatoms. The second-order valence-electron chi connectivity index (χ2n) is 3.21. The highest BCUT2D eigenvalue weighted by molar-refractivity contribution is 6.58. The Morgan fingerprint density at radius 2 is 1.78 bits per heavy atom. The van der Waals surface area contributed by atoms with Crippen LogP contribution in [0.25, 0.3) is 0 Å². The van der Waals surface area contributed by atoms with E-state index in [9.17, 15) is 13.2 Å².